The molecule has 0 aliphatic carbocycles. The highest BCUT2D eigenvalue weighted by Gasteiger charge is 2.57. The Kier molecular flexibility index (Phi) is 18.7. The number of ether oxygens (including phenoxy) is 6. The molecule has 3 saturated heterocycles. The fourth-order valence-corrected chi connectivity index (χ4v) is 7.46. The molecule has 330 valence electrons. The van der Waals surface area contributed by atoms with Crippen molar-refractivity contribution in [3.05, 3.63) is 36.5 Å². The molecular formula is C39H65N5O14. The van der Waals surface area contributed by atoms with Gasteiger partial charge in [0.05, 0.1) is 36.6 Å². The third-order valence-electron chi connectivity index (χ3n) is 11.2. The summed E-state index contributed by atoms with van der Waals surface area (Å²) in [4.78, 5) is 41.0. The van der Waals surface area contributed by atoms with Crippen LogP contribution in [0.1, 0.15) is 72.6 Å². The molecule has 0 bridgehead atoms. The number of carboxylic acid groups (broad SMARTS) is 1. The summed E-state index contributed by atoms with van der Waals surface area (Å²) in [6.07, 6.45) is -2.74. The number of aliphatic hydroxyl groups excluding tert-OH is 4. The topological polar surface area (TPSA) is 296 Å². The first kappa shape index (κ1) is 48.9. The van der Waals surface area contributed by atoms with E-state index in [0.717, 1.165) is 11.6 Å². The highest BCUT2D eigenvalue weighted by atomic mass is 16.7. The third kappa shape index (κ3) is 13.0. The number of carbonyl (C=O) groups excluding carboxylic acids is 2. The Labute approximate surface area is 339 Å². The second-order valence-electron chi connectivity index (χ2n) is 15.7. The third-order valence-corrected chi connectivity index (χ3v) is 11.2. The van der Waals surface area contributed by atoms with E-state index in [1.807, 2.05) is 27.7 Å². The summed E-state index contributed by atoms with van der Waals surface area (Å²) in [5, 5.41) is 57.8. The van der Waals surface area contributed by atoms with Crippen molar-refractivity contribution < 1.29 is 68.3 Å². The van der Waals surface area contributed by atoms with Gasteiger partial charge >= 0.3 is 5.97 Å². The van der Waals surface area contributed by atoms with Crippen LogP contribution in [0.25, 0.3) is 0 Å². The summed E-state index contributed by atoms with van der Waals surface area (Å²) in [7, 11) is 2.89. The van der Waals surface area contributed by atoms with Crippen LogP contribution < -0.4 is 22.1 Å². The van der Waals surface area contributed by atoms with Crippen molar-refractivity contribution >= 4 is 23.7 Å². The molecule has 0 aromatic carbocycles. The molecule has 0 unspecified atom stereocenters. The lowest BCUT2D eigenvalue weighted by Crippen LogP contribution is -2.69. The Morgan fingerprint density at radius 1 is 1.03 bits per heavy atom. The van der Waals surface area contributed by atoms with E-state index in [9.17, 15) is 39.9 Å². The number of fused-ring (bicyclic) bond motifs is 1. The van der Waals surface area contributed by atoms with Crippen molar-refractivity contribution in [2.45, 2.75) is 146 Å². The van der Waals surface area contributed by atoms with Crippen LogP contribution in [0.3, 0.4) is 0 Å². The molecule has 3 rings (SSSR count). The number of aliphatic imine (C=N–C) groups is 1. The quantitative estimate of drug-likeness (QED) is 0.0179. The van der Waals surface area contributed by atoms with Crippen molar-refractivity contribution in [3.8, 4) is 0 Å². The summed E-state index contributed by atoms with van der Waals surface area (Å²) < 4.78 is 35.7. The molecule has 19 heteroatoms. The van der Waals surface area contributed by atoms with E-state index >= 15 is 0 Å². The van der Waals surface area contributed by atoms with Crippen LogP contribution in [-0.2, 0) is 42.8 Å². The van der Waals surface area contributed by atoms with E-state index in [1.54, 1.807) is 0 Å². The molecule has 19 nitrogen and oxygen atoms in total. The number of carbonyl (C=O) groups is 3. The first-order valence-corrected chi connectivity index (χ1v) is 19.6. The minimum absolute atomic E-state index is 0.00449. The number of hydrogen-bond donors (Lipinski definition) is 9. The number of guanidine groups is 1. The van der Waals surface area contributed by atoms with E-state index in [0.29, 0.717) is 12.8 Å². The molecule has 0 aromatic heterocycles. The van der Waals surface area contributed by atoms with Gasteiger partial charge in [-0.2, -0.15) is 0 Å². The summed E-state index contributed by atoms with van der Waals surface area (Å²) in [6.45, 7) is 11.7. The molecule has 11 N–H and O–H groups in total. The maximum absolute atomic E-state index is 13.5. The zero-order valence-electron chi connectivity index (χ0n) is 34.3. The van der Waals surface area contributed by atoms with Gasteiger partial charge in [0.25, 0.3) is 5.91 Å². The molecule has 0 aromatic rings. The number of hydrogen-bond acceptors (Lipinski definition) is 14. The van der Waals surface area contributed by atoms with Gasteiger partial charge in [-0.3, -0.25) is 14.6 Å². The second-order valence-corrected chi connectivity index (χ2v) is 15.7. The predicted octanol–water partition coefficient (Wildman–Crippen LogP) is -0.307. The first-order valence-electron chi connectivity index (χ1n) is 19.6. The van der Waals surface area contributed by atoms with Crippen molar-refractivity contribution in [1.82, 2.24) is 10.6 Å². The SMILES string of the molecule is C=C1C[C@](OC)([C@H](O)C(=O)N[C@H]2OCO[C@H]3[C@H]2O[C@H](C[C@H](O)CCC[C@@H](O)[C@H](O)/C=C/C=C/C(=O)N[C@@H](CCCN=C(N)N)C(=O)O)C(C)(C)[C@@H]3OC)O[C@H](C)[C@@H]1C. The van der Waals surface area contributed by atoms with Gasteiger partial charge < -0.3 is 76.1 Å². The molecule has 3 aliphatic rings. The van der Waals surface area contributed by atoms with Gasteiger partial charge in [0.15, 0.2) is 18.3 Å². The van der Waals surface area contributed by atoms with Gasteiger partial charge in [-0.1, -0.05) is 51.2 Å². The Morgan fingerprint density at radius 3 is 2.36 bits per heavy atom. The number of nitrogens with zero attached hydrogens (tertiary/aromatic N) is 1. The second kappa shape index (κ2) is 22.2. The lowest BCUT2D eigenvalue weighted by Gasteiger charge is -2.54. The lowest BCUT2D eigenvalue weighted by atomic mass is 9.72. The fraction of sp³-hybridized carbons (Fsp3) is 0.744. The molecular weight excluding hydrogens is 762 g/mol. The van der Waals surface area contributed by atoms with Crippen molar-refractivity contribution in [1.29, 1.82) is 0 Å². The maximum atomic E-state index is 13.5. The zero-order chi connectivity index (χ0) is 43.4. The smallest absolute Gasteiger partial charge is 0.326 e. The molecule has 3 aliphatic heterocycles. The average molecular weight is 828 g/mol. The standard InChI is InChI=1S/C39H65N5O14/c1-21-19-39(54-7,58-23(3)22(21)2)32(49)34(50)44-35-31-30(55-20-56-35)33(53-6)38(4,5)28(57-31)18-24(45)12-10-15-27(47)26(46)14-8-9-16-29(48)43-25(36(51)52)13-11-17-42-37(40)41/h8-9,14,16,22-28,30-33,35,45-47,49H,1,10-13,15,17-20H2,2-7H3,(H,43,48)(H,44,50)(H,51,52)(H4,40,41,42)/b14-8+,16-9+/t22-,23-,24-,25+,26-,27-,28-,30+,31-,32-,33-,35+,39-/m1/s1. The van der Waals surface area contributed by atoms with Gasteiger partial charge in [-0.25, -0.2) is 4.79 Å². The highest BCUT2D eigenvalue weighted by molar-refractivity contribution is 5.91. The molecule has 0 saturated carbocycles. The largest absolute Gasteiger partial charge is 0.480 e. The van der Waals surface area contributed by atoms with Crippen molar-refractivity contribution in [3.63, 3.8) is 0 Å². The molecule has 58 heavy (non-hydrogen) atoms. The van der Waals surface area contributed by atoms with Gasteiger partial charge in [0, 0.05) is 51.0 Å². The number of allylic oxidation sites excluding steroid dienone is 2. The van der Waals surface area contributed by atoms with Crippen LogP contribution in [0.15, 0.2) is 41.4 Å². The zero-order valence-corrected chi connectivity index (χ0v) is 34.3. The molecule has 0 spiro atoms. The summed E-state index contributed by atoms with van der Waals surface area (Å²) >= 11 is 0. The minimum atomic E-state index is -1.74. The molecule has 3 heterocycles. The number of nitrogens with one attached hydrogen (secondary N) is 2. The first-order chi connectivity index (χ1) is 27.3. The van der Waals surface area contributed by atoms with Gasteiger partial charge in [-0.05, 0) is 39.0 Å². The van der Waals surface area contributed by atoms with E-state index in [2.05, 4.69) is 22.2 Å². The predicted molar refractivity (Wildman–Crippen MR) is 209 cm³/mol. The average Bonchev–Trinajstić information content (AvgIpc) is 3.16. The Bertz CT molecular complexity index is 1470. The Hall–Kier alpha value is -3.50. The van der Waals surface area contributed by atoms with Crippen LogP contribution in [-0.4, -0.2) is 150 Å². The number of amides is 2. The van der Waals surface area contributed by atoms with Crippen LogP contribution in [0, 0.1) is 11.3 Å². The highest BCUT2D eigenvalue weighted by Crippen LogP contribution is 2.44. The number of aliphatic carboxylic acids is 1. The summed E-state index contributed by atoms with van der Waals surface area (Å²) in [6, 6.07) is -1.15. The van der Waals surface area contributed by atoms with Crippen LogP contribution in [0.5, 0.6) is 0 Å². The molecule has 2 amide bonds. The normalized spacial score (nSPS) is 31.1. The lowest BCUT2D eigenvalue weighted by molar-refractivity contribution is -0.332. The minimum Gasteiger partial charge on any atom is -0.480 e. The van der Waals surface area contributed by atoms with Crippen LogP contribution in [0.4, 0.5) is 0 Å². The fourth-order valence-electron chi connectivity index (χ4n) is 7.46. The number of methoxy groups -OCH3 is 2. The summed E-state index contributed by atoms with van der Waals surface area (Å²) in [5.41, 5.74) is 10.6. The molecule has 13 atom stereocenters. The van der Waals surface area contributed by atoms with E-state index < -0.39 is 90.1 Å². The van der Waals surface area contributed by atoms with Crippen molar-refractivity contribution in [2.24, 2.45) is 27.8 Å². The van der Waals surface area contributed by atoms with E-state index in [-0.39, 0.29) is 63.4 Å². The Balaban J connectivity index is 1.53. The van der Waals surface area contributed by atoms with Crippen LogP contribution >= 0.6 is 0 Å². The molecule has 3 fully saturated rings. The monoisotopic (exact) mass is 827 g/mol. The number of nitrogens with two attached hydrogens (primary N) is 2. The van der Waals surface area contributed by atoms with Gasteiger partial charge in [0.2, 0.25) is 11.7 Å². The molecule has 0 radical (unpaired) electrons. The van der Waals surface area contributed by atoms with Gasteiger partial charge in [-0.15, -0.1) is 0 Å². The van der Waals surface area contributed by atoms with Crippen molar-refractivity contribution in [2.75, 3.05) is 27.6 Å². The Morgan fingerprint density at radius 2 is 1.74 bits per heavy atom. The number of aliphatic hydroxyl groups is 4. The van der Waals surface area contributed by atoms with E-state index in [1.165, 1.54) is 32.4 Å². The van der Waals surface area contributed by atoms with E-state index in [4.69, 9.17) is 39.9 Å². The maximum Gasteiger partial charge on any atom is 0.326 e. The number of carboxylic acids is 1. The number of rotatable bonds is 21. The van der Waals surface area contributed by atoms with Crippen LogP contribution in [0.2, 0.25) is 0 Å². The summed E-state index contributed by atoms with van der Waals surface area (Å²) in [5.74, 6) is -4.46. The van der Waals surface area contributed by atoms with Gasteiger partial charge in [0.1, 0.15) is 25.0 Å².